The number of esters is 1. The van der Waals surface area contributed by atoms with Crippen LogP contribution in [0.2, 0.25) is 0 Å². The lowest BCUT2D eigenvalue weighted by Crippen LogP contribution is -2.15. The number of hydrogen-bond donors (Lipinski definition) is 1. The van der Waals surface area contributed by atoms with E-state index in [1.807, 2.05) is 0 Å². The van der Waals surface area contributed by atoms with Crippen molar-refractivity contribution in [1.29, 1.82) is 0 Å². The molecule has 0 atom stereocenters. The van der Waals surface area contributed by atoms with Crippen LogP contribution >= 0.6 is 0 Å². The second-order valence-corrected chi connectivity index (χ2v) is 2.59. The minimum atomic E-state index is -0.411. The van der Waals surface area contributed by atoms with E-state index in [-0.39, 0.29) is 12.4 Å². The fourth-order valence-electron chi connectivity index (χ4n) is 0.912. The summed E-state index contributed by atoms with van der Waals surface area (Å²) in [7, 11) is 1.32. The van der Waals surface area contributed by atoms with Crippen molar-refractivity contribution in [1.82, 2.24) is 9.97 Å². The quantitative estimate of drug-likeness (QED) is 0.642. The standard InChI is InChI=1S/C8H10N2O3/c1-5-6(3-7(11)13-2)4-9-8(12)10-5/h4H,3H2,1-2H3,(H,9,10,12). The van der Waals surface area contributed by atoms with Crippen molar-refractivity contribution in [2.75, 3.05) is 7.11 Å². The molecule has 0 radical (unpaired) electrons. The normalized spacial score (nSPS) is 9.69. The average Bonchev–Trinajstić information content (AvgIpc) is 2.09. The third-order valence-electron chi connectivity index (χ3n) is 1.68. The number of aromatic nitrogens is 2. The molecule has 0 unspecified atom stereocenters. The van der Waals surface area contributed by atoms with Gasteiger partial charge in [0.25, 0.3) is 0 Å². The lowest BCUT2D eigenvalue weighted by molar-refractivity contribution is -0.139. The highest BCUT2D eigenvalue weighted by atomic mass is 16.5. The Bertz CT molecular complexity index is 370. The topological polar surface area (TPSA) is 72.0 Å². The minimum absolute atomic E-state index is 0.131. The monoisotopic (exact) mass is 182 g/mol. The van der Waals surface area contributed by atoms with E-state index < -0.39 is 5.69 Å². The molecule has 0 aliphatic carbocycles. The Balaban J connectivity index is 2.90. The lowest BCUT2D eigenvalue weighted by atomic mass is 10.2. The van der Waals surface area contributed by atoms with Gasteiger partial charge < -0.3 is 9.72 Å². The van der Waals surface area contributed by atoms with Gasteiger partial charge in [0.1, 0.15) is 0 Å². The summed E-state index contributed by atoms with van der Waals surface area (Å²) in [6, 6.07) is 0. The first kappa shape index (κ1) is 9.44. The molecule has 13 heavy (non-hydrogen) atoms. The molecule has 1 heterocycles. The number of ether oxygens (including phenoxy) is 1. The molecule has 0 bridgehead atoms. The molecule has 1 N–H and O–H groups in total. The zero-order valence-corrected chi connectivity index (χ0v) is 7.46. The van der Waals surface area contributed by atoms with Crippen molar-refractivity contribution in [2.45, 2.75) is 13.3 Å². The van der Waals surface area contributed by atoms with E-state index in [4.69, 9.17) is 0 Å². The van der Waals surface area contributed by atoms with Crippen LogP contribution in [0.3, 0.4) is 0 Å². The van der Waals surface area contributed by atoms with Crippen molar-refractivity contribution in [2.24, 2.45) is 0 Å². The van der Waals surface area contributed by atoms with E-state index in [0.717, 1.165) is 0 Å². The maximum atomic E-state index is 10.9. The number of carbonyl (C=O) groups is 1. The van der Waals surface area contributed by atoms with Crippen molar-refractivity contribution in [3.8, 4) is 0 Å². The van der Waals surface area contributed by atoms with Gasteiger partial charge in [0.15, 0.2) is 0 Å². The number of nitrogens with one attached hydrogen (secondary N) is 1. The van der Waals surface area contributed by atoms with Gasteiger partial charge in [-0.3, -0.25) is 4.79 Å². The SMILES string of the molecule is COC(=O)Cc1cnc(=O)[nH]c1C. The molecular formula is C8H10N2O3. The Kier molecular flexibility index (Phi) is 2.79. The fourth-order valence-corrected chi connectivity index (χ4v) is 0.912. The molecule has 70 valence electrons. The first-order valence-electron chi connectivity index (χ1n) is 3.75. The summed E-state index contributed by atoms with van der Waals surface area (Å²) in [6.45, 7) is 1.71. The van der Waals surface area contributed by atoms with Gasteiger partial charge in [-0.25, -0.2) is 9.78 Å². The highest BCUT2D eigenvalue weighted by molar-refractivity contribution is 5.72. The second-order valence-electron chi connectivity index (χ2n) is 2.59. The van der Waals surface area contributed by atoms with Gasteiger partial charge in [-0.15, -0.1) is 0 Å². The Morgan fingerprint density at radius 2 is 2.38 bits per heavy atom. The minimum Gasteiger partial charge on any atom is -0.469 e. The van der Waals surface area contributed by atoms with E-state index in [1.54, 1.807) is 6.92 Å². The second kappa shape index (κ2) is 3.84. The van der Waals surface area contributed by atoms with Gasteiger partial charge in [0.2, 0.25) is 0 Å². The Labute approximate surface area is 74.8 Å². The van der Waals surface area contributed by atoms with Gasteiger partial charge >= 0.3 is 11.7 Å². The predicted molar refractivity (Wildman–Crippen MR) is 45.3 cm³/mol. The van der Waals surface area contributed by atoms with Crippen molar-refractivity contribution in [3.05, 3.63) is 27.9 Å². The number of hydrogen-bond acceptors (Lipinski definition) is 4. The van der Waals surface area contributed by atoms with Crippen molar-refractivity contribution in [3.63, 3.8) is 0 Å². The van der Waals surface area contributed by atoms with E-state index in [2.05, 4.69) is 14.7 Å². The number of aryl methyl sites for hydroxylation is 1. The number of rotatable bonds is 2. The molecule has 0 fully saturated rings. The third kappa shape index (κ3) is 2.40. The smallest absolute Gasteiger partial charge is 0.345 e. The van der Waals surface area contributed by atoms with Crippen molar-refractivity contribution >= 4 is 5.97 Å². The molecule has 0 aromatic carbocycles. The number of aromatic amines is 1. The summed E-state index contributed by atoms with van der Waals surface area (Å²) in [6.07, 6.45) is 1.51. The maximum Gasteiger partial charge on any atom is 0.345 e. The average molecular weight is 182 g/mol. The number of nitrogens with zero attached hydrogens (tertiary/aromatic N) is 1. The lowest BCUT2D eigenvalue weighted by Gasteiger charge is -2.01. The van der Waals surface area contributed by atoms with Gasteiger partial charge in [0, 0.05) is 17.5 Å². The van der Waals surface area contributed by atoms with E-state index in [9.17, 15) is 9.59 Å². The summed E-state index contributed by atoms with van der Waals surface area (Å²) in [5, 5.41) is 0. The zero-order chi connectivity index (χ0) is 9.84. The first-order valence-corrected chi connectivity index (χ1v) is 3.75. The van der Waals surface area contributed by atoms with E-state index >= 15 is 0 Å². The molecule has 1 aromatic heterocycles. The molecule has 0 saturated heterocycles. The Morgan fingerprint density at radius 1 is 1.69 bits per heavy atom. The van der Waals surface area contributed by atoms with Crippen LogP contribution in [0.1, 0.15) is 11.3 Å². The van der Waals surface area contributed by atoms with Crippen LogP contribution in [-0.4, -0.2) is 23.0 Å². The molecule has 5 heteroatoms. The first-order chi connectivity index (χ1) is 6.13. The summed E-state index contributed by atoms with van der Waals surface area (Å²) in [5.74, 6) is -0.350. The summed E-state index contributed by atoms with van der Waals surface area (Å²) in [5.41, 5.74) is 0.906. The van der Waals surface area contributed by atoms with Crippen LogP contribution < -0.4 is 5.69 Å². The molecule has 0 aliphatic heterocycles. The molecule has 0 amide bonds. The van der Waals surface area contributed by atoms with Crippen LogP contribution in [0, 0.1) is 6.92 Å². The zero-order valence-electron chi connectivity index (χ0n) is 7.46. The summed E-state index contributed by atoms with van der Waals surface area (Å²) < 4.78 is 4.48. The molecule has 0 aliphatic rings. The van der Waals surface area contributed by atoms with Gasteiger partial charge in [-0.2, -0.15) is 0 Å². The molecule has 5 nitrogen and oxygen atoms in total. The number of carbonyl (C=O) groups excluding carboxylic acids is 1. The molecule has 0 saturated carbocycles. The van der Waals surface area contributed by atoms with Gasteiger partial charge in [-0.1, -0.05) is 0 Å². The largest absolute Gasteiger partial charge is 0.469 e. The molecule has 0 spiro atoms. The predicted octanol–water partition coefficient (Wildman–Crippen LogP) is -0.206. The third-order valence-corrected chi connectivity index (χ3v) is 1.68. The summed E-state index contributed by atoms with van der Waals surface area (Å²) in [4.78, 5) is 27.6. The molecular weight excluding hydrogens is 172 g/mol. The number of H-pyrrole nitrogens is 1. The molecule has 1 aromatic rings. The Morgan fingerprint density at radius 3 is 2.92 bits per heavy atom. The molecule has 1 rings (SSSR count). The van der Waals surface area contributed by atoms with Crippen molar-refractivity contribution < 1.29 is 9.53 Å². The summed E-state index contributed by atoms with van der Waals surface area (Å²) >= 11 is 0. The number of methoxy groups -OCH3 is 1. The van der Waals surface area contributed by atoms with Gasteiger partial charge in [-0.05, 0) is 6.92 Å². The van der Waals surface area contributed by atoms with E-state index in [1.165, 1.54) is 13.3 Å². The highest BCUT2D eigenvalue weighted by Crippen LogP contribution is 2.01. The van der Waals surface area contributed by atoms with Gasteiger partial charge in [0.05, 0.1) is 13.5 Å². The van der Waals surface area contributed by atoms with Crippen LogP contribution in [0.25, 0.3) is 0 Å². The maximum absolute atomic E-state index is 10.9. The van der Waals surface area contributed by atoms with Crippen LogP contribution in [0.15, 0.2) is 11.0 Å². The van der Waals surface area contributed by atoms with Crippen LogP contribution in [0.5, 0.6) is 0 Å². The van der Waals surface area contributed by atoms with Crippen LogP contribution in [-0.2, 0) is 16.0 Å². The Hall–Kier alpha value is -1.65. The van der Waals surface area contributed by atoms with Crippen LogP contribution in [0.4, 0.5) is 0 Å². The fraction of sp³-hybridized carbons (Fsp3) is 0.375. The van der Waals surface area contributed by atoms with E-state index in [0.29, 0.717) is 11.3 Å². The highest BCUT2D eigenvalue weighted by Gasteiger charge is 2.06.